The first-order chi connectivity index (χ1) is 12.8. The highest BCUT2D eigenvalue weighted by Crippen LogP contribution is 2.48. The summed E-state index contributed by atoms with van der Waals surface area (Å²) in [5.74, 6) is 0.456. The van der Waals surface area contributed by atoms with Gasteiger partial charge in [0.2, 0.25) is 0 Å². The monoisotopic (exact) mass is 381 g/mol. The summed E-state index contributed by atoms with van der Waals surface area (Å²) in [4.78, 5) is 5.20. The van der Waals surface area contributed by atoms with Gasteiger partial charge in [-0.15, -0.1) is 0 Å². The molecule has 2 aromatic carbocycles. The molecule has 0 saturated heterocycles. The van der Waals surface area contributed by atoms with E-state index in [1.807, 2.05) is 6.92 Å². The standard InChI is InChI=1S/C20H19F4NO2/c1-13(18-12-19(18)14-5-7-16(21)8-6-14)25-27-10-9-26-17-4-2-3-15(11-17)20(22,23)24/h2-8,11,18-19H,9-10,12H2,1H3/t18-,19+/m0/s1. The Labute approximate surface area is 154 Å². The molecule has 3 nitrogen and oxygen atoms in total. The molecule has 2 atom stereocenters. The minimum atomic E-state index is -4.40. The smallest absolute Gasteiger partial charge is 0.416 e. The Morgan fingerprint density at radius 3 is 2.56 bits per heavy atom. The fourth-order valence-electron chi connectivity index (χ4n) is 2.91. The van der Waals surface area contributed by atoms with Crippen LogP contribution < -0.4 is 4.74 Å². The van der Waals surface area contributed by atoms with Gasteiger partial charge in [0.25, 0.3) is 0 Å². The van der Waals surface area contributed by atoms with Crippen molar-refractivity contribution in [1.29, 1.82) is 0 Å². The highest BCUT2D eigenvalue weighted by atomic mass is 19.4. The zero-order chi connectivity index (χ0) is 19.4. The molecule has 0 aliphatic heterocycles. The van der Waals surface area contributed by atoms with Gasteiger partial charge in [-0.05, 0) is 55.2 Å². The fourth-order valence-corrected chi connectivity index (χ4v) is 2.91. The summed E-state index contributed by atoms with van der Waals surface area (Å²) in [6.45, 7) is 2.08. The molecule has 0 unspecified atom stereocenters. The van der Waals surface area contributed by atoms with Gasteiger partial charge in [0.15, 0.2) is 6.61 Å². The maximum Gasteiger partial charge on any atom is 0.416 e. The number of hydrogen-bond acceptors (Lipinski definition) is 3. The molecule has 0 N–H and O–H groups in total. The Kier molecular flexibility index (Phi) is 5.68. The topological polar surface area (TPSA) is 30.8 Å². The van der Waals surface area contributed by atoms with Crippen LogP contribution in [0.2, 0.25) is 0 Å². The first-order valence-electron chi connectivity index (χ1n) is 8.56. The molecule has 0 amide bonds. The van der Waals surface area contributed by atoms with Crippen LogP contribution in [0.25, 0.3) is 0 Å². The van der Waals surface area contributed by atoms with Crippen LogP contribution in [0, 0.1) is 11.7 Å². The molecule has 2 aromatic rings. The van der Waals surface area contributed by atoms with Crippen LogP contribution in [-0.2, 0) is 11.0 Å². The summed E-state index contributed by atoms with van der Waals surface area (Å²) in [5.41, 5.74) is 1.16. The quantitative estimate of drug-likeness (QED) is 0.278. The SMILES string of the molecule is CC(=NOCCOc1cccc(C(F)(F)F)c1)[C@@H]1C[C@@H]1c1ccc(F)cc1. The highest BCUT2D eigenvalue weighted by molar-refractivity contribution is 5.87. The van der Waals surface area contributed by atoms with Crippen LogP contribution in [-0.4, -0.2) is 18.9 Å². The lowest BCUT2D eigenvalue weighted by Gasteiger charge is -2.10. The Hall–Kier alpha value is -2.57. The molecule has 0 bridgehead atoms. The lowest BCUT2D eigenvalue weighted by atomic mass is 10.1. The zero-order valence-corrected chi connectivity index (χ0v) is 14.7. The van der Waals surface area contributed by atoms with Crippen LogP contribution >= 0.6 is 0 Å². The second kappa shape index (κ2) is 7.98. The molecule has 7 heteroatoms. The van der Waals surface area contributed by atoms with E-state index in [2.05, 4.69) is 5.16 Å². The Morgan fingerprint density at radius 1 is 1.11 bits per heavy atom. The van der Waals surface area contributed by atoms with Crippen molar-refractivity contribution < 1.29 is 27.1 Å². The number of benzene rings is 2. The molecular weight excluding hydrogens is 362 g/mol. The van der Waals surface area contributed by atoms with Crippen molar-refractivity contribution in [3.8, 4) is 5.75 Å². The normalized spacial score (nSPS) is 19.7. The third kappa shape index (κ3) is 5.21. The van der Waals surface area contributed by atoms with Crippen molar-refractivity contribution in [2.24, 2.45) is 11.1 Å². The molecule has 1 aliphatic rings. The van der Waals surface area contributed by atoms with E-state index >= 15 is 0 Å². The molecule has 144 valence electrons. The van der Waals surface area contributed by atoms with E-state index in [1.54, 1.807) is 12.1 Å². The molecule has 0 spiro atoms. The van der Waals surface area contributed by atoms with Crippen LogP contribution in [0.5, 0.6) is 5.75 Å². The minimum absolute atomic E-state index is 0.0874. The number of nitrogens with zero attached hydrogens (tertiary/aromatic N) is 1. The van der Waals surface area contributed by atoms with E-state index in [4.69, 9.17) is 9.57 Å². The van der Waals surface area contributed by atoms with Gasteiger partial charge in [0.05, 0.1) is 11.3 Å². The average molecular weight is 381 g/mol. The predicted molar refractivity (Wildman–Crippen MR) is 93.2 cm³/mol. The summed E-state index contributed by atoms with van der Waals surface area (Å²) >= 11 is 0. The summed E-state index contributed by atoms with van der Waals surface area (Å²) in [5, 5.41) is 4.05. The maximum absolute atomic E-state index is 13.0. The zero-order valence-electron chi connectivity index (χ0n) is 14.7. The van der Waals surface area contributed by atoms with Gasteiger partial charge in [-0.1, -0.05) is 23.4 Å². The van der Waals surface area contributed by atoms with E-state index < -0.39 is 11.7 Å². The van der Waals surface area contributed by atoms with Crippen LogP contribution in [0.4, 0.5) is 17.6 Å². The maximum atomic E-state index is 13.0. The number of alkyl halides is 3. The average Bonchev–Trinajstić information content (AvgIpc) is 3.42. The van der Waals surface area contributed by atoms with Gasteiger partial charge in [-0.2, -0.15) is 13.2 Å². The van der Waals surface area contributed by atoms with Crippen LogP contribution in [0.1, 0.15) is 30.4 Å². The largest absolute Gasteiger partial charge is 0.490 e. The Balaban J connectivity index is 1.42. The van der Waals surface area contributed by atoms with Crippen molar-refractivity contribution in [2.45, 2.75) is 25.4 Å². The van der Waals surface area contributed by atoms with Gasteiger partial charge >= 0.3 is 6.18 Å². The van der Waals surface area contributed by atoms with Crippen LogP contribution in [0.3, 0.4) is 0 Å². The van der Waals surface area contributed by atoms with E-state index in [-0.39, 0.29) is 30.7 Å². The minimum Gasteiger partial charge on any atom is -0.490 e. The second-order valence-corrected chi connectivity index (χ2v) is 6.44. The third-order valence-corrected chi connectivity index (χ3v) is 4.44. The number of oxime groups is 1. The van der Waals surface area contributed by atoms with Crippen molar-refractivity contribution >= 4 is 5.71 Å². The number of rotatable bonds is 7. The van der Waals surface area contributed by atoms with E-state index in [0.29, 0.717) is 5.92 Å². The first-order valence-corrected chi connectivity index (χ1v) is 8.56. The number of hydrogen-bond donors (Lipinski definition) is 0. The highest BCUT2D eigenvalue weighted by Gasteiger charge is 2.40. The summed E-state index contributed by atoms with van der Waals surface area (Å²) in [6.07, 6.45) is -3.46. The molecule has 27 heavy (non-hydrogen) atoms. The van der Waals surface area contributed by atoms with Crippen molar-refractivity contribution in [1.82, 2.24) is 0 Å². The molecule has 0 heterocycles. The van der Waals surface area contributed by atoms with E-state index in [1.165, 1.54) is 24.3 Å². The van der Waals surface area contributed by atoms with Crippen molar-refractivity contribution in [3.05, 3.63) is 65.5 Å². The summed E-state index contributed by atoms with van der Waals surface area (Å²) in [6, 6.07) is 11.1. The number of halogens is 4. The summed E-state index contributed by atoms with van der Waals surface area (Å²) in [7, 11) is 0. The molecule has 1 fully saturated rings. The molecule has 0 radical (unpaired) electrons. The third-order valence-electron chi connectivity index (χ3n) is 4.44. The van der Waals surface area contributed by atoms with Gasteiger partial charge < -0.3 is 9.57 Å². The Morgan fingerprint density at radius 2 is 1.85 bits per heavy atom. The lowest BCUT2D eigenvalue weighted by Crippen LogP contribution is -2.08. The molecule has 0 aromatic heterocycles. The molecular formula is C20H19F4NO2. The van der Waals surface area contributed by atoms with Gasteiger partial charge in [0, 0.05) is 5.92 Å². The molecule has 3 rings (SSSR count). The van der Waals surface area contributed by atoms with Crippen molar-refractivity contribution in [2.75, 3.05) is 13.2 Å². The van der Waals surface area contributed by atoms with Gasteiger partial charge in [-0.25, -0.2) is 4.39 Å². The van der Waals surface area contributed by atoms with E-state index in [9.17, 15) is 17.6 Å². The van der Waals surface area contributed by atoms with Crippen molar-refractivity contribution in [3.63, 3.8) is 0 Å². The molecule has 1 saturated carbocycles. The van der Waals surface area contributed by atoms with Crippen LogP contribution in [0.15, 0.2) is 53.7 Å². The van der Waals surface area contributed by atoms with E-state index in [0.717, 1.165) is 29.8 Å². The second-order valence-electron chi connectivity index (χ2n) is 6.44. The first kappa shape index (κ1) is 19.2. The molecule has 1 aliphatic carbocycles. The number of ether oxygens (including phenoxy) is 1. The van der Waals surface area contributed by atoms with Gasteiger partial charge in [0.1, 0.15) is 18.2 Å². The van der Waals surface area contributed by atoms with Gasteiger partial charge in [-0.3, -0.25) is 0 Å². The predicted octanol–water partition coefficient (Wildman–Crippen LogP) is 5.42. The Bertz CT molecular complexity index is 802. The summed E-state index contributed by atoms with van der Waals surface area (Å²) < 4.78 is 56.1. The fraction of sp³-hybridized carbons (Fsp3) is 0.350. The lowest BCUT2D eigenvalue weighted by molar-refractivity contribution is -0.137.